The molecule has 0 atom stereocenters. The van der Waals surface area contributed by atoms with Gasteiger partial charge >= 0.3 is 0 Å². The van der Waals surface area contributed by atoms with E-state index in [0.717, 1.165) is 17.8 Å². The topological polar surface area (TPSA) is 47.3 Å². The minimum Gasteiger partial charge on any atom is -0.398 e. The molecule has 0 aliphatic carbocycles. The monoisotopic (exact) mass is 166 g/mol. The van der Waals surface area contributed by atoms with Crippen LogP contribution < -0.4 is 11.2 Å². The fraction of sp³-hybridized carbons (Fsp3) is 0.333. The van der Waals surface area contributed by atoms with Crippen LogP contribution in [0, 0.1) is 0 Å². The lowest BCUT2D eigenvalue weighted by molar-refractivity contribution is 0.0317. The van der Waals surface area contributed by atoms with Crippen molar-refractivity contribution in [2.75, 3.05) is 12.3 Å². The highest BCUT2D eigenvalue weighted by Gasteiger charge is 1.95. The second-order valence-corrected chi connectivity index (χ2v) is 2.49. The van der Waals surface area contributed by atoms with Gasteiger partial charge in [-0.25, -0.2) is 5.48 Å². The van der Waals surface area contributed by atoms with Crippen molar-refractivity contribution in [3.63, 3.8) is 0 Å². The summed E-state index contributed by atoms with van der Waals surface area (Å²) in [6, 6.07) is 7.67. The van der Waals surface area contributed by atoms with Crippen molar-refractivity contribution in [2.24, 2.45) is 0 Å². The Kier molecular flexibility index (Phi) is 3.57. The number of benzene rings is 1. The Hall–Kier alpha value is -1.06. The van der Waals surface area contributed by atoms with Gasteiger partial charge in [-0.05, 0) is 6.07 Å². The van der Waals surface area contributed by atoms with Gasteiger partial charge < -0.3 is 5.73 Å². The molecule has 12 heavy (non-hydrogen) atoms. The highest BCUT2D eigenvalue weighted by molar-refractivity contribution is 5.45. The summed E-state index contributed by atoms with van der Waals surface area (Å²) in [6.45, 7) is 3.29. The lowest BCUT2D eigenvalue weighted by Gasteiger charge is -2.05. The maximum absolute atomic E-state index is 5.70. The molecule has 1 aromatic rings. The van der Waals surface area contributed by atoms with Gasteiger partial charge in [0.1, 0.15) is 0 Å². The van der Waals surface area contributed by atoms with Gasteiger partial charge in [-0.15, -0.1) is 0 Å². The molecule has 0 fully saturated rings. The minimum atomic E-state index is 0.514. The van der Waals surface area contributed by atoms with Crippen molar-refractivity contribution >= 4 is 5.69 Å². The van der Waals surface area contributed by atoms with Gasteiger partial charge in [-0.1, -0.05) is 25.1 Å². The Bertz CT molecular complexity index is 238. The van der Waals surface area contributed by atoms with E-state index in [9.17, 15) is 0 Å². The summed E-state index contributed by atoms with van der Waals surface area (Å²) >= 11 is 0. The van der Waals surface area contributed by atoms with E-state index >= 15 is 0 Å². The number of anilines is 1. The zero-order chi connectivity index (χ0) is 8.81. The second-order valence-electron chi connectivity index (χ2n) is 2.49. The van der Waals surface area contributed by atoms with Crippen LogP contribution in [0.25, 0.3) is 0 Å². The van der Waals surface area contributed by atoms with E-state index < -0.39 is 0 Å². The molecule has 0 saturated heterocycles. The summed E-state index contributed by atoms with van der Waals surface area (Å²) in [7, 11) is 0. The summed E-state index contributed by atoms with van der Waals surface area (Å²) in [5.74, 6) is 0. The van der Waals surface area contributed by atoms with Crippen molar-refractivity contribution in [1.29, 1.82) is 0 Å². The largest absolute Gasteiger partial charge is 0.398 e. The third-order valence-corrected chi connectivity index (χ3v) is 1.53. The molecule has 0 heterocycles. The standard InChI is InChI=1S/C9H14N2O/c1-2-11-12-7-8-5-3-4-6-9(8)10/h3-6,11H,2,7,10H2,1H3. The van der Waals surface area contributed by atoms with Crippen LogP contribution in [0.3, 0.4) is 0 Å². The molecule has 3 N–H and O–H groups in total. The Morgan fingerprint density at radius 3 is 2.83 bits per heavy atom. The first-order valence-corrected chi connectivity index (χ1v) is 4.02. The van der Waals surface area contributed by atoms with Crippen LogP contribution >= 0.6 is 0 Å². The highest BCUT2D eigenvalue weighted by atomic mass is 16.6. The number of rotatable bonds is 4. The van der Waals surface area contributed by atoms with E-state index in [1.165, 1.54) is 0 Å². The molecule has 1 rings (SSSR count). The molecule has 0 saturated carbocycles. The number of hydroxylamine groups is 1. The average Bonchev–Trinajstić information content (AvgIpc) is 2.09. The lowest BCUT2D eigenvalue weighted by atomic mass is 10.2. The summed E-state index contributed by atoms with van der Waals surface area (Å²) in [5, 5.41) is 0. The zero-order valence-electron chi connectivity index (χ0n) is 7.21. The number of nitrogens with two attached hydrogens (primary N) is 1. The number of hydrogen-bond acceptors (Lipinski definition) is 3. The van der Waals surface area contributed by atoms with E-state index in [0.29, 0.717) is 6.61 Å². The predicted octanol–water partition coefficient (Wildman–Crippen LogP) is 1.31. The molecule has 0 aromatic heterocycles. The Labute approximate surface area is 72.5 Å². The van der Waals surface area contributed by atoms with E-state index in [1.807, 2.05) is 31.2 Å². The van der Waals surface area contributed by atoms with Crippen LogP contribution in [0.2, 0.25) is 0 Å². The normalized spacial score (nSPS) is 10.1. The van der Waals surface area contributed by atoms with Crippen LogP contribution in [0.5, 0.6) is 0 Å². The quantitative estimate of drug-likeness (QED) is 0.403. The number of nitrogen functional groups attached to an aromatic ring is 1. The Morgan fingerprint density at radius 2 is 2.17 bits per heavy atom. The van der Waals surface area contributed by atoms with Gasteiger partial charge in [-0.2, -0.15) is 0 Å². The smallest absolute Gasteiger partial charge is 0.0952 e. The molecule has 66 valence electrons. The molecule has 3 heteroatoms. The highest BCUT2D eigenvalue weighted by Crippen LogP contribution is 2.10. The summed E-state index contributed by atoms with van der Waals surface area (Å²) < 4.78 is 0. The van der Waals surface area contributed by atoms with Gasteiger partial charge in [0.15, 0.2) is 0 Å². The SMILES string of the molecule is CCNOCc1ccccc1N. The van der Waals surface area contributed by atoms with Gasteiger partial charge in [0.05, 0.1) is 6.61 Å². The molecule has 1 aromatic carbocycles. The first-order valence-electron chi connectivity index (χ1n) is 4.02. The van der Waals surface area contributed by atoms with Crippen LogP contribution in [0.1, 0.15) is 12.5 Å². The lowest BCUT2D eigenvalue weighted by Crippen LogP contribution is -2.13. The van der Waals surface area contributed by atoms with Crippen molar-refractivity contribution in [3.05, 3.63) is 29.8 Å². The minimum absolute atomic E-state index is 0.514. The number of hydrogen-bond donors (Lipinski definition) is 2. The van der Waals surface area contributed by atoms with Crippen molar-refractivity contribution in [3.8, 4) is 0 Å². The fourth-order valence-corrected chi connectivity index (χ4v) is 0.896. The summed E-state index contributed by atoms with van der Waals surface area (Å²) in [4.78, 5) is 5.12. The van der Waals surface area contributed by atoms with E-state index in [4.69, 9.17) is 10.6 Å². The molecule has 0 bridgehead atoms. The van der Waals surface area contributed by atoms with Crippen LogP contribution in [0.4, 0.5) is 5.69 Å². The third kappa shape index (κ3) is 2.53. The maximum atomic E-state index is 5.70. The molecule has 0 aliphatic heterocycles. The molecule has 0 amide bonds. The summed E-state index contributed by atoms with van der Waals surface area (Å²) in [5.41, 5.74) is 10.2. The van der Waals surface area contributed by atoms with Crippen molar-refractivity contribution < 1.29 is 4.84 Å². The van der Waals surface area contributed by atoms with Gasteiger partial charge in [0.25, 0.3) is 0 Å². The number of para-hydroxylation sites is 1. The van der Waals surface area contributed by atoms with E-state index in [1.54, 1.807) is 0 Å². The molecular formula is C9H14N2O. The van der Waals surface area contributed by atoms with Crippen LogP contribution in [-0.2, 0) is 11.4 Å². The van der Waals surface area contributed by atoms with Crippen LogP contribution in [0.15, 0.2) is 24.3 Å². The fourth-order valence-electron chi connectivity index (χ4n) is 0.896. The Balaban J connectivity index is 2.46. The maximum Gasteiger partial charge on any atom is 0.0952 e. The second kappa shape index (κ2) is 4.74. The molecule has 3 nitrogen and oxygen atoms in total. The van der Waals surface area contributed by atoms with Crippen molar-refractivity contribution in [2.45, 2.75) is 13.5 Å². The Morgan fingerprint density at radius 1 is 1.42 bits per heavy atom. The van der Waals surface area contributed by atoms with E-state index in [2.05, 4.69) is 5.48 Å². The first kappa shape index (κ1) is 9.03. The molecule has 0 radical (unpaired) electrons. The van der Waals surface area contributed by atoms with Gasteiger partial charge in [0.2, 0.25) is 0 Å². The van der Waals surface area contributed by atoms with Gasteiger partial charge in [0, 0.05) is 17.8 Å². The van der Waals surface area contributed by atoms with E-state index in [-0.39, 0.29) is 0 Å². The zero-order valence-corrected chi connectivity index (χ0v) is 7.21. The third-order valence-electron chi connectivity index (χ3n) is 1.53. The predicted molar refractivity (Wildman–Crippen MR) is 49.3 cm³/mol. The molecule has 0 aliphatic rings. The molecular weight excluding hydrogens is 152 g/mol. The number of nitrogens with one attached hydrogen (secondary N) is 1. The molecule has 0 spiro atoms. The van der Waals surface area contributed by atoms with Crippen molar-refractivity contribution in [1.82, 2.24) is 5.48 Å². The summed E-state index contributed by atoms with van der Waals surface area (Å²) in [6.07, 6.45) is 0. The first-order chi connectivity index (χ1) is 5.84. The van der Waals surface area contributed by atoms with Crippen LogP contribution in [-0.4, -0.2) is 6.54 Å². The van der Waals surface area contributed by atoms with Gasteiger partial charge in [-0.3, -0.25) is 4.84 Å². The average molecular weight is 166 g/mol. The molecule has 0 unspecified atom stereocenters.